The fourth-order valence-corrected chi connectivity index (χ4v) is 2.83. The van der Waals surface area contributed by atoms with Gasteiger partial charge in [-0.1, -0.05) is 23.7 Å². The molecule has 18 heavy (non-hydrogen) atoms. The monoisotopic (exact) mass is 311 g/mol. The van der Waals surface area contributed by atoms with Crippen LogP contribution in [-0.2, 0) is 12.1 Å². The third-order valence-corrected chi connectivity index (χ3v) is 3.87. The van der Waals surface area contributed by atoms with Crippen molar-refractivity contribution in [3.8, 4) is 10.6 Å². The molecule has 0 saturated carbocycles. The number of rotatable bonds is 2. The van der Waals surface area contributed by atoms with E-state index in [2.05, 4.69) is 4.98 Å². The minimum absolute atomic E-state index is 0.177. The number of hydrogen-bond donors (Lipinski definition) is 0. The van der Waals surface area contributed by atoms with Crippen molar-refractivity contribution in [2.45, 2.75) is 12.1 Å². The lowest BCUT2D eigenvalue weighted by Crippen LogP contribution is -2.03. The molecule has 0 aliphatic heterocycles. The molecule has 1 heterocycles. The minimum atomic E-state index is -4.33. The molecule has 0 atom stereocenters. The molecule has 7 heteroatoms. The number of aromatic nitrogens is 1. The smallest absolute Gasteiger partial charge is 0.238 e. The van der Waals surface area contributed by atoms with E-state index in [4.69, 9.17) is 23.2 Å². The first kappa shape index (κ1) is 13.6. The fraction of sp³-hybridized carbons (Fsp3) is 0.182. The summed E-state index contributed by atoms with van der Waals surface area (Å²) in [4.78, 5) is 4.16. The van der Waals surface area contributed by atoms with E-state index in [1.165, 1.54) is 23.5 Å². The van der Waals surface area contributed by atoms with Gasteiger partial charge in [-0.3, -0.25) is 0 Å². The van der Waals surface area contributed by atoms with E-state index in [9.17, 15) is 13.2 Å². The van der Waals surface area contributed by atoms with Crippen LogP contribution in [0.1, 0.15) is 11.3 Å². The Morgan fingerprint density at radius 2 is 1.78 bits per heavy atom. The number of thiazole rings is 1. The predicted octanol–water partition coefficient (Wildman–Crippen LogP) is 5.22. The Balaban J connectivity index is 2.34. The van der Waals surface area contributed by atoms with Gasteiger partial charge in [0.15, 0.2) is 0 Å². The first-order chi connectivity index (χ1) is 8.41. The first-order valence-corrected chi connectivity index (χ1v) is 6.53. The van der Waals surface area contributed by atoms with Crippen molar-refractivity contribution in [3.05, 3.63) is 39.9 Å². The van der Waals surface area contributed by atoms with Crippen molar-refractivity contribution in [2.24, 2.45) is 0 Å². The highest BCUT2D eigenvalue weighted by Crippen LogP contribution is 2.34. The third kappa shape index (κ3) is 2.79. The Hall–Kier alpha value is -0.780. The molecule has 2 rings (SSSR count). The van der Waals surface area contributed by atoms with Crippen molar-refractivity contribution in [2.75, 3.05) is 0 Å². The molecule has 0 aliphatic rings. The van der Waals surface area contributed by atoms with Crippen LogP contribution in [-0.4, -0.2) is 4.98 Å². The number of halogens is 5. The summed E-state index contributed by atoms with van der Waals surface area (Å²) >= 11 is 12.7. The van der Waals surface area contributed by atoms with Gasteiger partial charge >= 0.3 is 6.18 Å². The van der Waals surface area contributed by atoms with Crippen LogP contribution in [0.5, 0.6) is 0 Å². The topological polar surface area (TPSA) is 12.9 Å². The maximum atomic E-state index is 12.4. The molecule has 1 nitrogen and oxygen atoms in total. The van der Waals surface area contributed by atoms with Gasteiger partial charge in [-0.25, -0.2) is 4.98 Å². The second-order valence-corrected chi connectivity index (χ2v) is 5.32. The van der Waals surface area contributed by atoms with Crippen LogP contribution in [0.2, 0.25) is 4.34 Å². The number of alkyl halides is 4. The average molecular weight is 312 g/mol. The Morgan fingerprint density at radius 1 is 1.17 bits per heavy atom. The van der Waals surface area contributed by atoms with E-state index in [1.807, 2.05) is 0 Å². The van der Waals surface area contributed by atoms with E-state index in [0.717, 1.165) is 12.1 Å². The maximum absolute atomic E-state index is 12.4. The SMILES string of the molecule is FC(F)(F)c1ccc(-c2nc(CCl)c(Cl)s2)cc1. The van der Waals surface area contributed by atoms with Crippen LogP contribution in [0.25, 0.3) is 10.6 Å². The zero-order chi connectivity index (χ0) is 13.3. The highest BCUT2D eigenvalue weighted by molar-refractivity contribution is 7.19. The van der Waals surface area contributed by atoms with Crippen LogP contribution >= 0.6 is 34.5 Å². The zero-order valence-electron chi connectivity index (χ0n) is 8.76. The molecule has 1 aromatic heterocycles. The molecule has 0 saturated heterocycles. The molecule has 0 unspecified atom stereocenters. The van der Waals surface area contributed by atoms with E-state index in [-0.39, 0.29) is 5.88 Å². The summed E-state index contributed by atoms with van der Waals surface area (Å²) in [6.45, 7) is 0. The molecule has 0 amide bonds. The second-order valence-electron chi connectivity index (χ2n) is 3.45. The summed E-state index contributed by atoms with van der Waals surface area (Å²) in [6.07, 6.45) is -4.33. The van der Waals surface area contributed by atoms with Crippen molar-refractivity contribution < 1.29 is 13.2 Å². The van der Waals surface area contributed by atoms with Crippen LogP contribution in [0, 0.1) is 0 Å². The molecule has 96 valence electrons. The van der Waals surface area contributed by atoms with Crippen LogP contribution in [0.15, 0.2) is 24.3 Å². The molecule has 2 aromatic rings. The standard InChI is InChI=1S/C11H6Cl2F3NS/c12-5-8-9(13)18-10(17-8)6-1-3-7(4-2-6)11(14,15)16/h1-4H,5H2. The van der Waals surface area contributed by atoms with Gasteiger partial charge in [0.2, 0.25) is 0 Å². The van der Waals surface area contributed by atoms with Crippen LogP contribution in [0.4, 0.5) is 13.2 Å². The molecule has 0 bridgehead atoms. The Kier molecular flexibility index (Phi) is 3.84. The summed E-state index contributed by atoms with van der Waals surface area (Å²) < 4.78 is 37.6. The lowest BCUT2D eigenvalue weighted by atomic mass is 10.1. The number of nitrogens with zero attached hydrogens (tertiary/aromatic N) is 1. The molecule has 1 aromatic carbocycles. The highest BCUT2D eigenvalue weighted by Gasteiger charge is 2.30. The quantitative estimate of drug-likeness (QED) is 0.693. The normalized spacial score (nSPS) is 11.8. The fourth-order valence-electron chi connectivity index (χ4n) is 1.34. The average Bonchev–Trinajstić information content (AvgIpc) is 2.69. The Bertz CT molecular complexity index is 548. The number of hydrogen-bond acceptors (Lipinski definition) is 2. The van der Waals surface area contributed by atoms with E-state index >= 15 is 0 Å². The van der Waals surface area contributed by atoms with E-state index < -0.39 is 11.7 Å². The van der Waals surface area contributed by atoms with Gasteiger partial charge < -0.3 is 0 Å². The van der Waals surface area contributed by atoms with E-state index in [1.54, 1.807) is 0 Å². The molecular formula is C11H6Cl2F3NS. The third-order valence-electron chi connectivity index (χ3n) is 2.24. The zero-order valence-corrected chi connectivity index (χ0v) is 11.1. The van der Waals surface area contributed by atoms with Crippen molar-refractivity contribution in [1.82, 2.24) is 4.98 Å². The molecule has 0 fully saturated rings. The molecule has 0 N–H and O–H groups in total. The lowest BCUT2D eigenvalue weighted by Gasteiger charge is -2.06. The second kappa shape index (κ2) is 5.07. The van der Waals surface area contributed by atoms with Gasteiger partial charge in [-0.2, -0.15) is 13.2 Å². The summed E-state index contributed by atoms with van der Waals surface area (Å²) in [5.74, 6) is 0.177. The van der Waals surface area contributed by atoms with Gasteiger partial charge in [-0.05, 0) is 12.1 Å². The van der Waals surface area contributed by atoms with Gasteiger partial charge in [0.25, 0.3) is 0 Å². The van der Waals surface area contributed by atoms with Gasteiger partial charge in [0, 0.05) is 5.56 Å². The summed E-state index contributed by atoms with van der Waals surface area (Å²) in [6, 6.07) is 4.78. The largest absolute Gasteiger partial charge is 0.416 e. The highest BCUT2D eigenvalue weighted by atomic mass is 35.5. The molecule has 0 radical (unpaired) electrons. The van der Waals surface area contributed by atoms with Gasteiger partial charge in [0.05, 0.1) is 17.1 Å². The van der Waals surface area contributed by atoms with Gasteiger partial charge in [0.1, 0.15) is 9.34 Å². The Labute approximate surface area is 115 Å². The number of benzene rings is 1. The predicted molar refractivity (Wildman–Crippen MR) is 67.1 cm³/mol. The van der Waals surface area contributed by atoms with Crippen molar-refractivity contribution >= 4 is 34.5 Å². The maximum Gasteiger partial charge on any atom is 0.416 e. The summed E-state index contributed by atoms with van der Waals surface area (Å²) in [5, 5.41) is 0.560. The Morgan fingerprint density at radius 3 is 2.22 bits per heavy atom. The van der Waals surface area contributed by atoms with Crippen molar-refractivity contribution in [1.29, 1.82) is 0 Å². The molecule has 0 aliphatic carbocycles. The summed E-state index contributed by atoms with van der Waals surface area (Å²) in [7, 11) is 0. The minimum Gasteiger partial charge on any atom is -0.238 e. The summed E-state index contributed by atoms with van der Waals surface area (Å²) in [5.41, 5.74) is 0.441. The van der Waals surface area contributed by atoms with Crippen molar-refractivity contribution in [3.63, 3.8) is 0 Å². The molecule has 0 spiro atoms. The lowest BCUT2D eigenvalue weighted by molar-refractivity contribution is -0.137. The first-order valence-electron chi connectivity index (χ1n) is 4.80. The van der Waals surface area contributed by atoms with E-state index in [0.29, 0.717) is 20.6 Å². The molecular weight excluding hydrogens is 306 g/mol. The van der Waals surface area contributed by atoms with Crippen LogP contribution in [0.3, 0.4) is 0 Å². The van der Waals surface area contributed by atoms with Gasteiger partial charge in [-0.15, -0.1) is 22.9 Å². The van der Waals surface area contributed by atoms with Crippen LogP contribution < -0.4 is 0 Å².